The average Bonchev–Trinajstić information content (AvgIpc) is 2.76. The Morgan fingerprint density at radius 1 is 1.50 bits per heavy atom. The van der Waals surface area contributed by atoms with Gasteiger partial charge in [0.15, 0.2) is 0 Å². The maximum absolute atomic E-state index is 4.61. The van der Waals surface area contributed by atoms with Crippen molar-refractivity contribution < 1.29 is 0 Å². The van der Waals surface area contributed by atoms with Crippen molar-refractivity contribution in [2.45, 2.75) is 51.5 Å². The zero-order chi connectivity index (χ0) is 11.8. The number of nitrogens with zero attached hydrogens (tertiary/aromatic N) is 2. The van der Waals surface area contributed by atoms with Gasteiger partial charge < -0.3 is 5.32 Å². The van der Waals surface area contributed by atoms with Crippen molar-refractivity contribution in [1.82, 2.24) is 15.1 Å². The van der Waals surface area contributed by atoms with Crippen LogP contribution >= 0.6 is 0 Å². The maximum atomic E-state index is 4.61. The van der Waals surface area contributed by atoms with Gasteiger partial charge in [-0.05, 0) is 25.5 Å². The van der Waals surface area contributed by atoms with Gasteiger partial charge in [-0.25, -0.2) is 0 Å². The van der Waals surface area contributed by atoms with Crippen LogP contribution in [0.1, 0.15) is 45.0 Å². The predicted molar refractivity (Wildman–Crippen MR) is 66.6 cm³/mol. The van der Waals surface area contributed by atoms with Crippen LogP contribution < -0.4 is 5.32 Å². The van der Waals surface area contributed by atoms with E-state index >= 15 is 0 Å². The summed E-state index contributed by atoms with van der Waals surface area (Å²) in [5, 5.41) is 8.15. The molecule has 1 N–H and O–H groups in total. The first-order valence-electron chi connectivity index (χ1n) is 6.23. The molecule has 3 nitrogen and oxygen atoms in total. The van der Waals surface area contributed by atoms with E-state index in [-0.39, 0.29) is 5.41 Å². The molecule has 0 amide bonds. The Balaban J connectivity index is 2.12. The quantitative estimate of drug-likeness (QED) is 0.828. The van der Waals surface area contributed by atoms with Crippen molar-refractivity contribution in [2.24, 2.45) is 7.05 Å². The zero-order valence-electron chi connectivity index (χ0n) is 10.9. The van der Waals surface area contributed by atoms with E-state index in [4.69, 9.17) is 0 Å². The van der Waals surface area contributed by atoms with Gasteiger partial charge in [-0.3, -0.25) is 4.68 Å². The number of hydrogen-bond acceptors (Lipinski definition) is 2. The standard InChI is InChI=1S/C13H23N3/c1-13(2,3)12-9-11(16(4)15-12)8-10-6-5-7-14-10/h9-10,14H,5-8H2,1-4H3. The number of hydrogen-bond donors (Lipinski definition) is 1. The Morgan fingerprint density at radius 2 is 2.25 bits per heavy atom. The van der Waals surface area contributed by atoms with Crippen LogP contribution in [0, 0.1) is 0 Å². The van der Waals surface area contributed by atoms with Crippen molar-refractivity contribution in [3.63, 3.8) is 0 Å². The third-order valence-corrected chi connectivity index (χ3v) is 3.36. The Hall–Kier alpha value is -0.830. The maximum Gasteiger partial charge on any atom is 0.0680 e. The van der Waals surface area contributed by atoms with Crippen molar-refractivity contribution in [3.8, 4) is 0 Å². The molecular formula is C13H23N3. The summed E-state index contributed by atoms with van der Waals surface area (Å²) < 4.78 is 2.04. The van der Waals surface area contributed by atoms with E-state index in [2.05, 4.69) is 44.3 Å². The third-order valence-electron chi connectivity index (χ3n) is 3.36. The van der Waals surface area contributed by atoms with Gasteiger partial charge in [0.2, 0.25) is 0 Å². The normalized spacial score (nSPS) is 21.6. The highest BCUT2D eigenvalue weighted by molar-refractivity contribution is 5.18. The molecule has 1 aliphatic rings. The molecule has 1 unspecified atom stereocenters. The van der Waals surface area contributed by atoms with Gasteiger partial charge in [0.25, 0.3) is 0 Å². The fourth-order valence-corrected chi connectivity index (χ4v) is 2.25. The molecular weight excluding hydrogens is 198 g/mol. The van der Waals surface area contributed by atoms with Crippen molar-refractivity contribution in [1.29, 1.82) is 0 Å². The van der Waals surface area contributed by atoms with Gasteiger partial charge in [-0.15, -0.1) is 0 Å². The molecule has 0 spiro atoms. The van der Waals surface area contributed by atoms with Gasteiger partial charge in [0.05, 0.1) is 5.69 Å². The van der Waals surface area contributed by atoms with Gasteiger partial charge >= 0.3 is 0 Å². The van der Waals surface area contributed by atoms with E-state index in [1.54, 1.807) is 0 Å². The summed E-state index contributed by atoms with van der Waals surface area (Å²) >= 11 is 0. The number of rotatable bonds is 2. The molecule has 0 saturated carbocycles. The van der Waals surface area contributed by atoms with Crippen molar-refractivity contribution in [3.05, 3.63) is 17.5 Å². The molecule has 0 bridgehead atoms. The first kappa shape index (κ1) is 11.6. The second kappa shape index (κ2) is 4.21. The van der Waals surface area contributed by atoms with Crippen LogP contribution in [0.15, 0.2) is 6.07 Å². The third kappa shape index (κ3) is 2.46. The van der Waals surface area contributed by atoms with E-state index in [1.807, 2.05) is 4.68 Å². The van der Waals surface area contributed by atoms with Crippen molar-refractivity contribution in [2.75, 3.05) is 6.54 Å². The fraction of sp³-hybridized carbons (Fsp3) is 0.769. The molecule has 0 radical (unpaired) electrons. The fourth-order valence-electron chi connectivity index (χ4n) is 2.25. The summed E-state index contributed by atoms with van der Waals surface area (Å²) in [4.78, 5) is 0. The highest BCUT2D eigenvalue weighted by atomic mass is 15.3. The molecule has 0 aliphatic carbocycles. The highest BCUT2D eigenvalue weighted by Gasteiger charge is 2.21. The van der Waals surface area contributed by atoms with E-state index in [0.29, 0.717) is 6.04 Å². The molecule has 1 fully saturated rings. The molecule has 1 aromatic rings. The van der Waals surface area contributed by atoms with Crippen LogP contribution in [-0.2, 0) is 18.9 Å². The minimum atomic E-state index is 0.152. The summed E-state index contributed by atoms with van der Waals surface area (Å²) in [5.41, 5.74) is 2.70. The topological polar surface area (TPSA) is 29.9 Å². The average molecular weight is 221 g/mol. The lowest BCUT2D eigenvalue weighted by molar-refractivity contribution is 0.544. The lowest BCUT2D eigenvalue weighted by atomic mass is 9.92. The lowest BCUT2D eigenvalue weighted by Gasteiger charge is -2.13. The summed E-state index contributed by atoms with van der Waals surface area (Å²) in [7, 11) is 2.06. The summed E-state index contributed by atoms with van der Waals surface area (Å²) in [6, 6.07) is 2.92. The molecule has 0 aromatic carbocycles. The molecule has 90 valence electrons. The Kier molecular flexibility index (Phi) is 3.06. The molecule has 1 aliphatic heterocycles. The zero-order valence-corrected chi connectivity index (χ0v) is 10.9. The van der Waals surface area contributed by atoms with Crippen LogP contribution in [0.4, 0.5) is 0 Å². The Bertz CT molecular complexity index is 354. The van der Waals surface area contributed by atoms with Gasteiger partial charge in [-0.1, -0.05) is 20.8 Å². The molecule has 2 rings (SSSR count). The first-order chi connectivity index (χ1) is 7.47. The largest absolute Gasteiger partial charge is 0.314 e. The van der Waals surface area contributed by atoms with Crippen LogP contribution in [0.2, 0.25) is 0 Å². The monoisotopic (exact) mass is 221 g/mol. The van der Waals surface area contributed by atoms with E-state index in [0.717, 1.165) is 6.42 Å². The summed E-state index contributed by atoms with van der Waals surface area (Å²) in [6.45, 7) is 7.82. The van der Waals surface area contributed by atoms with Gasteiger partial charge in [0, 0.05) is 30.6 Å². The minimum Gasteiger partial charge on any atom is -0.314 e. The molecule has 1 atom stereocenters. The predicted octanol–water partition coefficient (Wildman–Crippen LogP) is 2.01. The highest BCUT2D eigenvalue weighted by Crippen LogP contribution is 2.22. The van der Waals surface area contributed by atoms with Crippen molar-refractivity contribution >= 4 is 0 Å². The molecule has 16 heavy (non-hydrogen) atoms. The summed E-state index contributed by atoms with van der Waals surface area (Å²) in [6.07, 6.45) is 3.73. The van der Waals surface area contributed by atoms with Gasteiger partial charge in [0.1, 0.15) is 0 Å². The van der Waals surface area contributed by atoms with Crippen LogP contribution in [0.25, 0.3) is 0 Å². The van der Waals surface area contributed by atoms with E-state index in [1.165, 1.54) is 30.8 Å². The summed E-state index contributed by atoms with van der Waals surface area (Å²) in [5.74, 6) is 0. The van der Waals surface area contributed by atoms with Gasteiger partial charge in [-0.2, -0.15) is 5.10 Å². The SMILES string of the molecule is Cn1nc(C(C)(C)C)cc1CC1CCCN1. The Morgan fingerprint density at radius 3 is 2.75 bits per heavy atom. The molecule has 3 heteroatoms. The lowest BCUT2D eigenvalue weighted by Crippen LogP contribution is -2.24. The molecule has 1 saturated heterocycles. The number of aromatic nitrogens is 2. The first-order valence-corrected chi connectivity index (χ1v) is 6.23. The molecule has 1 aromatic heterocycles. The van der Waals surface area contributed by atoms with Crippen LogP contribution in [0.3, 0.4) is 0 Å². The number of aryl methyl sites for hydroxylation is 1. The molecule has 2 heterocycles. The minimum absolute atomic E-state index is 0.152. The Labute approximate surface area is 98.2 Å². The van der Waals surface area contributed by atoms with E-state index in [9.17, 15) is 0 Å². The smallest absolute Gasteiger partial charge is 0.0680 e. The second-order valence-corrected chi connectivity index (χ2v) is 5.89. The van der Waals surface area contributed by atoms with E-state index < -0.39 is 0 Å². The second-order valence-electron chi connectivity index (χ2n) is 5.89. The van der Waals surface area contributed by atoms with Crippen LogP contribution in [-0.4, -0.2) is 22.4 Å². The van der Waals surface area contributed by atoms with Crippen LogP contribution in [0.5, 0.6) is 0 Å². The number of nitrogens with one attached hydrogen (secondary N) is 1.